The second-order valence-electron chi connectivity index (χ2n) is 8.71. The molecule has 1 aromatic heterocycles. The van der Waals surface area contributed by atoms with Gasteiger partial charge in [-0.1, -0.05) is 41.4 Å². The highest BCUT2D eigenvalue weighted by Crippen LogP contribution is 2.37. The molecule has 0 aliphatic carbocycles. The maximum atomic E-state index is 14.0. The van der Waals surface area contributed by atoms with E-state index in [4.69, 9.17) is 38.4 Å². The van der Waals surface area contributed by atoms with Crippen LogP contribution in [0, 0.1) is 5.82 Å². The van der Waals surface area contributed by atoms with Crippen molar-refractivity contribution in [2.45, 2.75) is 19.4 Å². The minimum absolute atomic E-state index is 0.0650. The molecule has 0 fully saturated rings. The Labute approximate surface area is 235 Å². The molecule has 7 nitrogen and oxygen atoms in total. The van der Waals surface area contributed by atoms with Crippen LogP contribution in [0.4, 0.5) is 10.2 Å². The van der Waals surface area contributed by atoms with Gasteiger partial charge in [-0.3, -0.25) is 4.79 Å². The number of aromatic hydroxyl groups is 1. The molecule has 0 aliphatic heterocycles. The van der Waals surface area contributed by atoms with Crippen molar-refractivity contribution in [3.05, 3.63) is 99.4 Å². The van der Waals surface area contributed by atoms with Crippen LogP contribution in [-0.2, 0) is 6.42 Å². The average Bonchev–Trinajstić information content (AvgIpc) is 2.93. The Morgan fingerprint density at radius 3 is 2.54 bits per heavy atom. The molecule has 4 aromatic rings. The number of phenolic OH excluding ortho intramolecular Hbond substituents is 1. The molecule has 1 amide bonds. The van der Waals surface area contributed by atoms with Gasteiger partial charge in [0.1, 0.15) is 11.9 Å². The van der Waals surface area contributed by atoms with Crippen LogP contribution in [-0.4, -0.2) is 29.7 Å². The van der Waals surface area contributed by atoms with Crippen molar-refractivity contribution >= 4 is 34.9 Å². The summed E-state index contributed by atoms with van der Waals surface area (Å²) in [4.78, 5) is 16.8. The van der Waals surface area contributed by atoms with Crippen LogP contribution < -0.4 is 20.5 Å². The zero-order valence-electron chi connectivity index (χ0n) is 21.2. The fourth-order valence-corrected chi connectivity index (χ4v) is 4.66. The topological polar surface area (TPSA) is 107 Å². The number of rotatable bonds is 9. The maximum Gasteiger partial charge on any atom is 0.251 e. The summed E-state index contributed by atoms with van der Waals surface area (Å²) in [6.45, 7) is 2.10. The van der Waals surface area contributed by atoms with Crippen molar-refractivity contribution in [3.8, 4) is 28.4 Å². The number of aromatic nitrogens is 1. The van der Waals surface area contributed by atoms with Gasteiger partial charge in [0.25, 0.3) is 5.91 Å². The first kappa shape index (κ1) is 28.0. The second kappa shape index (κ2) is 12.2. The zero-order chi connectivity index (χ0) is 28.1. The van der Waals surface area contributed by atoms with E-state index in [1.807, 2.05) is 0 Å². The number of carbonyl (C=O) groups is 1. The van der Waals surface area contributed by atoms with E-state index in [0.29, 0.717) is 35.4 Å². The molecule has 10 heteroatoms. The van der Waals surface area contributed by atoms with E-state index in [0.717, 1.165) is 11.1 Å². The first-order chi connectivity index (χ1) is 18.7. The first-order valence-corrected chi connectivity index (χ1v) is 12.7. The van der Waals surface area contributed by atoms with Gasteiger partial charge < -0.3 is 25.6 Å². The maximum absolute atomic E-state index is 14.0. The molecule has 202 valence electrons. The van der Waals surface area contributed by atoms with Crippen molar-refractivity contribution in [1.29, 1.82) is 0 Å². The fourth-order valence-electron chi connectivity index (χ4n) is 3.99. The summed E-state index contributed by atoms with van der Waals surface area (Å²) in [6.07, 6.45) is 1.47. The van der Waals surface area contributed by atoms with Crippen molar-refractivity contribution < 1.29 is 23.8 Å². The summed E-state index contributed by atoms with van der Waals surface area (Å²) in [5.74, 6) is 0.0625. The summed E-state index contributed by atoms with van der Waals surface area (Å²) in [7, 11) is 1.48. The average molecular weight is 570 g/mol. The molecule has 1 atom stereocenters. The zero-order valence-corrected chi connectivity index (χ0v) is 22.7. The Balaban J connectivity index is 1.42. The lowest BCUT2D eigenvalue weighted by Gasteiger charge is -2.19. The lowest BCUT2D eigenvalue weighted by molar-refractivity contribution is 0.0954. The number of nitrogens with one attached hydrogen (secondary N) is 1. The first-order valence-electron chi connectivity index (χ1n) is 12.0. The number of nitrogens with two attached hydrogens (primary N) is 1. The molecule has 1 heterocycles. The summed E-state index contributed by atoms with van der Waals surface area (Å²) in [5.41, 5.74) is 9.24. The Kier molecular flexibility index (Phi) is 8.79. The third-order valence-corrected chi connectivity index (χ3v) is 6.81. The molecular weight excluding hydrogens is 544 g/mol. The van der Waals surface area contributed by atoms with E-state index in [1.54, 1.807) is 61.7 Å². The molecule has 39 heavy (non-hydrogen) atoms. The second-order valence-corrected chi connectivity index (χ2v) is 9.50. The van der Waals surface area contributed by atoms with Crippen LogP contribution >= 0.6 is 23.2 Å². The van der Waals surface area contributed by atoms with Gasteiger partial charge in [0.15, 0.2) is 23.1 Å². The molecule has 0 spiro atoms. The number of pyridine rings is 1. The highest BCUT2D eigenvalue weighted by atomic mass is 35.5. The molecule has 0 bridgehead atoms. The molecule has 0 aliphatic rings. The van der Waals surface area contributed by atoms with E-state index in [-0.39, 0.29) is 33.3 Å². The van der Waals surface area contributed by atoms with Crippen LogP contribution in [0.2, 0.25) is 10.0 Å². The predicted octanol–water partition coefficient (Wildman–Crippen LogP) is 6.60. The van der Waals surface area contributed by atoms with Crippen LogP contribution in [0.5, 0.6) is 17.2 Å². The lowest BCUT2D eigenvalue weighted by atomic mass is 10.0. The van der Waals surface area contributed by atoms with Gasteiger partial charge in [-0.05, 0) is 66.9 Å². The smallest absolute Gasteiger partial charge is 0.251 e. The monoisotopic (exact) mass is 569 g/mol. The quantitative estimate of drug-likeness (QED) is 0.196. The fraction of sp³-hybridized carbons (Fsp3) is 0.172. The van der Waals surface area contributed by atoms with Crippen molar-refractivity contribution in [2.75, 3.05) is 19.4 Å². The molecular formula is C29H26Cl2FN3O4. The largest absolute Gasteiger partial charge is 0.504 e. The van der Waals surface area contributed by atoms with Crippen molar-refractivity contribution in [1.82, 2.24) is 10.3 Å². The minimum Gasteiger partial charge on any atom is -0.504 e. The van der Waals surface area contributed by atoms with Gasteiger partial charge in [0.2, 0.25) is 0 Å². The van der Waals surface area contributed by atoms with Crippen molar-refractivity contribution in [3.63, 3.8) is 0 Å². The van der Waals surface area contributed by atoms with E-state index in [1.165, 1.54) is 19.2 Å². The molecule has 4 rings (SSSR count). The number of carbonyl (C=O) groups excluding carboxylic acids is 1. The summed E-state index contributed by atoms with van der Waals surface area (Å²) in [6, 6.07) is 16.4. The number of phenols is 1. The van der Waals surface area contributed by atoms with Crippen LogP contribution in [0.1, 0.15) is 34.5 Å². The van der Waals surface area contributed by atoms with Crippen molar-refractivity contribution in [2.24, 2.45) is 0 Å². The normalized spacial score (nSPS) is 11.6. The summed E-state index contributed by atoms with van der Waals surface area (Å²) < 4.78 is 25.1. The van der Waals surface area contributed by atoms with Gasteiger partial charge in [-0.25, -0.2) is 9.37 Å². The highest BCUT2D eigenvalue weighted by molar-refractivity contribution is 6.36. The number of hydrogen-bond acceptors (Lipinski definition) is 6. The van der Waals surface area contributed by atoms with Crippen LogP contribution in [0.3, 0.4) is 0 Å². The number of nitrogens with zero attached hydrogens (tertiary/aromatic N) is 1. The summed E-state index contributed by atoms with van der Waals surface area (Å²) >= 11 is 12.3. The number of methoxy groups -OCH3 is 1. The number of ether oxygens (including phenoxy) is 2. The van der Waals surface area contributed by atoms with Gasteiger partial charge in [0.05, 0.1) is 12.1 Å². The van der Waals surface area contributed by atoms with Gasteiger partial charge >= 0.3 is 0 Å². The molecule has 0 radical (unpaired) electrons. The number of hydrogen-bond donors (Lipinski definition) is 3. The molecule has 1 unspecified atom stereocenters. The van der Waals surface area contributed by atoms with Gasteiger partial charge in [-0.2, -0.15) is 0 Å². The number of anilines is 1. The Hall–Kier alpha value is -4.01. The molecule has 3 aromatic carbocycles. The SMILES string of the molecule is COc1cc(CCNC(=O)c2ccc(-c3cnc(N)c(OC(C)c4c(Cl)ccc(F)c4Cl)c3)cc2)ccc1O. The Bertz CT molecular complexity index is 1500. The Morgan fingerprint density at radius 2 is 1.82 bits per heavy atom. The number of benzene rings is 3. The number of nitrogen functional groups attached to an aromatic ring is 1. The minimum atomic E-state index is -0.700. The number of amides is 1. The third kappa shape index (κ3) is 6.53. The summed E-state index contributed by atoms with van der Waals surface area (Å²) in [5, 5.41) is 12.8. The standard InChI is InChI=1S/C29H26Cl2FN3O4/c1-16(26-21(30)8-9-22(32)27(26)31)39-25-14-20(15-35-28(25)33)18-4-6-19(7-5-18)29(37)34-12-11-17-3-10-23(36)24(13-17)38-2/h3-10,13-16,36H,11-12H2,1-2H3,(H2,33,35)(H,34,37). The lowest BCUT2D eigenvalue weighted by Crippen LogP contribution is -2.25. The third-order valence-electron chi connectivity index (χ3n) is 6.10. The molecule has 0 saturated carbocycles. The van der Waals surface area contributed by atoms with E-state index in [9.17, 15) is 14.3 Å². The van der Waals surface area contributed by atoms with Gasteiger partial charge in [-0.15, -0.1) is 0 Å². The van der Waals surface area contributed by atoms with Gasteiger partial charge in [0, 0.05) is 34.5 Å². The Morgan fingerprint density at radius 1 is 1.08 bits per heavy atom. The van der Waals surface area contributed by atoms with E-state index >= 15 is 0 Å². The van der Waals surface area contributed by atoms with E-state index in [2.05, 4.69) is 10.3 Å². The number of halogens is 3. The molecule has 4 N–H and O–H groups in total. The highest BCUT2D eigenvalue weighted by Gasteiger charge is 2.20. The predicted molar refractivity (Wildman–Crippen MR) is 150 cm³/mol. The van der Waals surface area contributed by atoms with E-state index < -0.39 is 11.9 Å². The van der Waals surface area contributed by atoms with Crippen LogP contribution in [0.25, 0.3) is 11.1 Å². The molecule has 0 saturated heterocycles. The van der Waals surface area contributed by atoms with Crippen LogP contribution in [0.15, 0.2) is 66.9 Å².